The maximum Gasteiger partial charge on any atom is 0.320 e. The van der Waals surface area contributed by atoms with E-state index in [9.17, 15) is 4.79 Å². The molecular formula is C15H18N2O. The van der Waals surface area contributed by atoms with Crippen molar-refractivity contribution in [1.29, 1.82) is 0 Å². The topological polar surface area (TPSA) is 23.6 Å². The minimum absolute atomic E-state index is 0.257. The highest BCUT2D eigenvalue weighted by Crippen LogP contribution is 2.57. The number of carbonyl (C=O) groups is 1. The largest absolute Gasteiger partial charge is 0.323 e. The molecule has 0 radical (unpaired) electrons. The number of benzene rings is 1. The smallest absolute Gasteiger partial charge is 0.320 e. The molecule has 4 rings (SSSR count). The normalized spacial score (nSPS) is 28.0. The third-order valence-corrected chi connectivity index (χ3v) is 4.96. The van der Waals surface area contributed by atoms with Crippen molar-refractivity contribution in [2.24, 2.45) is 5.41 Å². The van der Waals surface area contributed by atoms with Crippen LogP contribution in [-0.2, 0) is 6.54 Å². The Balaban J connectivity index is 1.62. The fourth-order valence-corrected chi connectivity index (χ4v) is 3.64. The Kier molecular flexibility index (Phi) is 2.02. The van der Waals surface area contributed by atoms with Crippen LogP contribution in [0.15, 0.2) is 30.3 Å². The van der Waals surface area contributed by atoms with Gasteiger partial charge in [0.25, 0.3) is 0 Å². The Morgan fingerprint density at radius 3 is 2.67 bits per heavy atom. The first-order valence-corrected chi connectivity index (χ1v) is 6.88. The van der Waals surface area contributed by atoms with E-state index in [1.54, 1.807) is 0 Å². The van der Waals surface area contributed by atoms with Crippen molar-refractivity contribution in [3.63, 3.8) is 0 Å². The number of piperidine rings is 1. The molecular weight excluding hydrogens is 224 g/mol. The highest BCUT2D eigenvalue weighted by Gasteiger charge is 2.59. The van der Waals surface area contributed by atoms with Gasteiger partial charge in [-0.2, -0.15) is 0 Å². The molecule has 1 spiro atoms. The first kappa shape index (κ1) is 10.4. The maximum atomic E-state index is 12.4. The summed E-state index contributed by atoms with van der Waals surface area (Å²) >= 11 is 0. The van der Waals surface area contributed by atoms with E-state index in [1.165, 1.54) is 24.8 Å². The van der Waals surface area contributed by atoms with Gasteiger partial charge in [0.1, 0.15) is 0 Å². The second kappa shape index (κ2) is 3.50. The van der Waals surface area contributed by atoms with Gasteiger partial charge in [0.05, 0.1) is 6.04 Å². The van der Waals surface area contributed by atoms with E-state index in [-0.39, 0.29) is 6.03 Å². The monoisotopic (exact) mass is 242 g/mol. The van der Waals surface area contributed by atoms with Crippen LogP contribution in [0.4, 0.5) is 4.79 Å². The van der Waals surface area contributed by atoms with Gasteiger partial charge in [0, 0.05) is 19.6 Å². The molecule has 2 heterocycles. The maximum absolute atomic E-state index is 12.4. The molecule has 3 nitrogen and oxygen atoms in total. The molecule has 1 saturated carbocycles. The first-order chi connectivity index (χ1) is 8.78. The average Bonchev–Trinajstić information content (AvgIpc) is 3.13. The zero-order valence-corrected chi connectivity index (χ0v) is 10.5. The van der Waals surface area contributed by atoms with Gasteiger partial charge >= 0.3 is 6.03 Å². The Bertz CT molecular complexity index is 481. The summed E-state index contributed by atoms with van der Waals surface area (Å²) in [4.78, 5) is 16.5. The second-order valence-corrected chi connectivity index (χ2v) is 5.97. The Morgan fingerprint density at radius 2 is 1.94 bits per heavy atom. The van der Waals surface area contributed by atoms with Crippen LogP contribution in [0.5, 0.6) is 0 Å². The minimum Gasteiger partial charge on any atom is -0.323 e. The van der Waals surface area contributed by atoms with Gasteiger partial charge in [-0.1, -0.05) is 30.3 Å². The molecule has 0 aromatic heterocycles. The first-order valence-electron chi connectivity index (χ1n) is 6.88. The van der Waals surface area contributed by atoms with Crippen molar-refractivity contribution in [2.45, 2.75) is 31.8 Å². The number of rotatable bonds is 2. The van der Waals surface area contributed by atoms with Crippen LogP contribution in [0.3, 0.4) is 0 Å². The van der Waals surface area contributed by atoms with Crippen molar-refractivity contribution < 1.29 is 4.79 Å². The average molecular weight is 242 g/mol. The molecule has 3 aliphatic rings. The zero-order valence-electron chi connectivity index (χ0n) is 10.5. The molecule has 3 heteroatoms. The molecule has 2 bridgehead atoms. The van der Waals surface area contributed by atoms with Crippen LogP contribution in [0, 0.1) is 5.41 Å². The fourth-order valence-electron chi connectivity index (χ4n) is 3.64. The number of hydrogen-bond donors (Lipinski definition) is 0. The van der Waals surface area contributed by atoms with Gasteiger partial charge in [0.15, 0.2) is 0 Å². The number of urea groups is 1. The quantitative estimate of drug-likeness (QED) is 0.781. The van der Waals surface area contributed by atoms with Crippen LogP contribution in [0.1, 0.15) is 24.8 Å². The van der Waals surface area contributed by atoms with E-state index in [0.29, 0.717) is 11.5 Å². The van der Waals surface area contributed by atoms with Crippen molar-refractivity contribution in [3.8, 4) is 0 Å². The molecule has 1 aromatic rings. The van der Waals surface area contributed by atoms with Gasteiger partial charge in [-0.15, -0.1) is 0 Å². The van der Waals surface area contributed by atoms with Crippen LogP contribution in [0.25, 0.3) is 0 Å². The molecule has 1 atom stereocenters. The standard InChI is InChI=1S/C15H18N2O/c18-14-16-9-8-15(6-7-15)13(11-16)17(14)10-12-4-2-1-3-5-12/h1-5,13H,6-11H2. The zero-order chi connectivity index (χ0) is 12.2. The van der Waals surface area contributed by atoms with Crippen molar-refractivity contribution in [1.82, 2.24) is 9.80 Å². The second-order valence-electron chi connectivity index (χ2n) is 5.97. The van der Waals surface area contributed by atoms with E-state index < -0.39 is 0 Å². The summed E-state index contributed by atoms with van der Waals surface area (Å²) in [5.74, 6) is 0. The summed E-state index contributed by atoms with van der Waals surface area (Å²) in [5.41, 5.74) is 1.73. The van der Waals surface area contributed by atoms with Crippen LogP contribution in [-0.4, -0.2) is 35.0 Å². The number of hydrogen-bond acceptors (Lipinski definition) is 1. The number of carbonyl (C=O) groups excluding carboxylic acids is 1. The van der Waals surface area contributed by atoms with Gasteiger partial charge in [-0.3, -0.25) is 0 Å². The molecule has 1 aromatic carbocycles. The van der Waals surface area contributed by atoms with Crippen molar-refractivity contribution in [2.75, 3.05) is 13.1 Å². The predicted molar refractivity (Wildman–Crippen MR) is 69.0 cm³/mol. The summed E-state index contributed by atoms with van der Waals surface area (Å²) in [7, 11) is 0. The lowest BCUT2D eigenvalue weighted by Gasteiger charge is -2.32. The summed E-state index contributed by atoms with van der Waals surface area (Å²) in [6, 6.07) is 11.1. The summed E-state index contributed by atoms with van der Waals surface area (Å²) in [6.45, 7) is 2.72. The van der Waals surface area contributed by atoms with Crippen LogP contribution >= 0.6 is 0 Å². The summed E-state index contributed by atoms with van der Waals surface area (Å²) in [6.07, 6.45) is 3.86. The third-order valence-electron chi connectivity index (χ3n) is 4.96. The van der Waals surface area contributed by atoms with Gasteiger partial charge in [-0.05, 0) is 30.2 Å². The highest BCUT2D eigenvalue weighted by molar-refractivity contribution is 5.78. The molecule has 1 unspecified atom stereocenters. The predicted octanol–water partition coefficient (Wildman–Crippen LogP) is 2.48. The summed E-state index contributed by atoms with van der Waals surface area (Å²) in [5, 5.41) is 0. The van der Waals surface area contributed by atoms with Gasteiger partial charge in [-0.25, -0.2) is 4.79 Å². The van der Waals surface area contributed by atoms with Gasteiger partial charge < -0.3 is 9.80 Å². The lowest BCUT2D eigenvalue weighted by atomic mass is 9.89. The number of amides is 2. The van der Waals surface area contributed by atoms with E-state index in [1.807, 2.05) is 11.0 Å². The molecule has 2 aliphatic heterocycles. The molecule has 2 saturated heterocycles. The Labute approximate surface area is 107 Å². The van der Waals surface area contributed by atoms with E-state index >= 15 is 0 Å². The third kappa shape index (κ3) is 1.39. The van der Waals surface area contributed by atoms with E-state index in [0.717, 1.165) is 19.6 Å². The molecule has 2 amide bonds. The van der Waals surface area contributed by atoms with E-state index in [4.69, 9.17) is 0 Å². The fraction of sp³-hybridized carbons (Fsp3) is 0.533. The summed E-state index contributed by atoms with van der Waals surface area (Å²) < 4.78 is 0. The van der Waals surface area contributed by atoms with Crippen molar-refractivity contribution in [3.05, 3.63) is 35.9 Å². The lowest BCUT2D eigenvalue weighted by molar-refractivity contribution is 0.169. The molecule has 1 aliphatic carbocycles. The van der Waals surface area contributed by atoms with E-state index in [2.05, 4.69) is 29.2 Å². The van der Waals surface area contributed by atoms with Crippen LogP contribution < -0.4 is 0 Å². The van der Waals surface area contributed by atoms with Crippen LogP contribution in [0.2, 0.25) is 0 Å². The molecule has 94 valence electrons. The Morgan fingerprint density at radius 1 is 1.17 bits per heavy atom. The number of nitrogens with zero attached hydrogens (tertiary/aromatic N) is 2. The SMILES string of the molecule is O=C1N2CCC3(CC3)C(C2)N1Cc1ccccc1. The van der Waals surface area contributed by atoms with Gasteiger partial charge in [0.2, 0.25) is 0 Å². The molecule has 3 fully saturated rings. The Hall–Kier alpha value is -1.51. The minimum atomic E-state index is 0.257. The highest BCUT2D eigenvalue weighted by atomic mass is 16.2. The lowest BCUT2D eigenvalue weighted by Crippen LogP contribution is -2.41. The molecule has 0 N–H and O–H groups in total. The van der Waals surface area contributed by atoms with Crippen molar-refractivity contribution >= 4 is 6.03 Å². The molecule has 18 heavy (non-hydrogen) atoms. The number of fused-ring (bicyclic) bond motifs is 3.